The molecule has 0 aromatic carbocycles. The molecular formula is C14H29Cl2N3O. The Labute approximate surface area is 135 Å². The van der Waals surface area contributed by atoms with Crippen LogP contribution in [0.3, 0.4) is 0 Å². The summed E-state index contributed by atoms with van der Waals surface area (Å²) >= 11 is 0. The van der Waals surface area contributed by atoms with Gasteiger partial charge < -0.3 is 10.6 Å². The quantitative estimate of drug-likeness (QED) is 0.862. The van der Waals surface area contributed by atoms with Crippen molar-refractivity contribution in [1.29, 1.82) is 0 Å². The van der Waals surface area contributed by atoms with Crippen molar-refractivity contribution in [2.24, 2.45) is 11.1 Å². The van der Waals surface area contributed by atoms with Crippen LogP contribution < -0.4 is 5.73 Å². The van der Waals surface area contributed by atoms with Crippen molar-refractivity contribution in [1.82, 2.24) is 9.80 Å². The number of halogens is 2. The lowest BCUT2D eigenvalue weighted by atomic mass is 9.91. The first-order valence-corrected chi connectivity index (χ1v) is 7.28. The highest BCUT2D eigenvalue weighted by Gasteiger charge is 2.34. The molecule has 0 unspecified atom stereocenters. The van der Waals surface area contributed by atoms with Crippen molar-refractivity contribution >= 4 is 30.7 Å². The first-order valence-electron chi connectivity index (χ1n) is 7.28. The molecule has 0 aromatic rings. The molecule has 0 aromatic heterocycles. The maximum Gasteiger partial charge on any atom is 0.229 e. The summed E-state index contributed by atoms with van der Waals surface area (Å²) in [5.74, 6) is 0.219. The van der Waals surface area contributed by atoms with E-state index >= 15 is 0 Å². The average Bonchev–Trinajstić information content (AvgIpc) is 2.92. The molecule has 0 radical (unpaired) electrons. The first kappa shape index (κ1) is 20.0. The Morgan fingerprint density at radius 2 is 1.60 bits per heavy atom. The molecule has 1 heterocycles. The molecular weight excluding hydrogens is 297 g/mol. The van der Waals surface area contributed by atoms with Crippen LogP contribution >= 0.6 is 24.8 Å². The second kappa shape index (κ2) is 8.42. The Kier molecular flexibility index (Phi) is 8.41. The third-order valence-electron chi connectivity index (χ3n) is 4.53. The predicted octanol–water partition coefficient (Wildman–Crippen LogP) is 1.90. The summed E-state index contributed by atoms with van der Waals surface area (Å²) < 4.78 is 0. The van der Waals surface area contributed by atoms with Crippen molar-refractivity contribution in [2.45, 2.75) is 45.6 Å². The molecule has 4 nitrogen and oxygen atoms in total. The zero-order valence-corrected chi connectivity index (χ0v) is 14.3. The van der Waals surface area contributed by atoms with Gasteiger partial charge in [0.1, 0.15) is 0 Å². The number of nitrogens with zero attached hydrogens (tertiary/aromatic N) is 2. The van der Waals surface area contributed by atoms with Crippen LogP contribution in [0.15, 0.2) is 0 Å². The van der Waals surface area contributed by atoms with Gasteiger partial charge in [-0.25, -0.2) is 0 Å². The Balaban J connectivity index is 0.00000180. The third-order valence-corrected chi connectivity index (χ3v) is 4.53. The first-order chi connectivity index (χ1) is 8.54. The number of carbonyl (C=O) groups is 1. The third kappa shape index (κ3) is 4.48. The molecule has 1 saturated carbocycles. The highest BCUT2D eigenvalue weighted by molar-refractivity contribution is 5.85. The van der Waals surface area contributed by atoms with Crippen LogP contribution in [0.2, 0.25) is 0 Å². The van der Waals surface area contributed by atoms with E-state index in [9.17, 15) is 4.79 Å². The van der Waals surface area contributed by atoms with Crippen LogP contribution in [-0.4, -0.2) is 54.5 Å². The van der Waals surface area contributed by atoms with E-state index in [4.69, 9.17) is 5.73 Å². The van der Waals surface area contributed by atoms with Crippen LogP contribution in [0.1, 0.15) is 39.5 Å². The fourth-order valence-electron chi connectivity index (χ4n) is 3.07. The Hall–Kier alpha value is -0.0300. The van der Waals surface area contributed by atoms with E-state index in [-0.39, 0.29) is 30.7 Å². The molecule has 1 amide bonds. The number of hydrogen-bond donors (Lipinski definition) is 1. The van der Waals surface area contributed by atoms with E-state index < -0.39 is 5.41 Å². The van der Waals surface area contributed by atoms with Gasteiger partial charge in [0.25, 0.3) is 0 Å². The smallest absolute Gasteiger partial charge is 0.229 e. The summed E-state index contributed by atoms with van der Waals surface area (Å²) in [5, 5.41) is 0. The van der Waals surface area contributed by atoms with Crippen molar-refractivity contribution in [2.75, 3.05) is 32.7 Å². The second-order valence-corrected chi connectivity index (χ2v) is 6.35. The van der Waals surface area contributed by atoms with Crippen molar-refractivity contribution < 1.29 is 4.79 Å². The molecule has 0 bridgehead atoms. The van der Waals surface area contributed by atoms with Gasteiger partial charge in [0.05, 0.1) is 5.41 Å². The maximum absolute atomic E-state index is 12.3. The van der Waals surface area contributed by atoms with Gasteiger partial charge in [0, 0.05) is 38.8 Å². The summed E-state index contributed by atoms with van der Waals surface area (Å²) in [6.45, 7) is 8.14. The molecule has 2 rings (SSSR count). The van der Waals surface area contributed by atoms with Gasteiger partial charge in [-0.2, -0.15) is 0 Å². The Morgan fingerprint density at radius 1 is 1.10 bits per heavy atom. The number of amides is 1. The number of carbonyl (C=O) groups excluding carboxylic acids is 1. The van der Waals surface area contributed by atoms with Crippen LogP contribution in [0.4, 0.5) is 0 Å². The lowest BCUT2D eigenvalue weighted by Gasteiger charge is -2.40. The minimum absolute atomic E-state index is 0. The maximum atomic E-state index is 12.3. The molecule has 120 valence electrons. The topological polar surface area (TPSA) is 49.6 Å². The predicted molar refractivity (Wildman–Crippen MR) is 87.7 cm³/mol. The number of piperazine rings is 1. The average molecular weight is 326 g/mol. The molecule has 2 fully saturated rings. The van der Waals surface area contributed by atoms with Crippen molar-refractivity contribution in [3.63, 3.8) is 0 Å². The zero-order chi connectivity index (χ0) is 13.2. The fourth-order valence-corrected chi connectivity index (χ4v) is 3.07. The lowest BCUT2D eigenvalue weighted by Crippen LogP contribution is -2.55. The molecule has 1 aliphatic heterocycles. The van der Waals surface area contributed by atoms with E-state index in [1.54, 1.807) is 0 Å². The zero-order valence-electron chi connectivity index (χ0n) is 12.6. The molecule has 1 aliphatic carbocycles. The van der Waals surface area contributed by atoms with Crippen LogP contribution in [0.5, 0.6) is 0 Å². The van der Waals surface area contributed by atoms with Gasteiger partial charge in [-0.05, 0) is 26.7 Å². The highest BCUT2D eigenvalue weighted by Crippen LogP contribution is 2.25. The molecule has 0 spiro atoms. The largest absolute Gasteiger partial charge is 0.340 e. The summed E-state index contributed by atoms with van der Waals surface area (Å²) in [7, 11) is 0. The number of nitrogens with two attached hydrogens (primary N) is 1. The monoisotopic (exact) mass is 325 g/mol. The van der Waals surface area contributed by atoms with E-state index in [0.29, 0.717) is 6.54 Å². The summed E-state index contributed by atoms with van der Waals surface area (Å²) in [6.07, 6.45) is 5.46. The SMILES string of the molecule is CC(C)(CN)C(=O)N1CCN(C2CCCC2)CC1.Cl.Cl. The fraction of sp³-hybridized carbons (Fsp3) is 0.929. The normalized spacial score (nSPS) is 21.2. The van der Waals surface area contributed by atoms with Crippen molar-refractivity contribution in [3.05, 3.63) is 0 Å². The van der Waals surface area contributed by atoms with Crippen molar-refractivity contribution in [3.8, 4) is 0 Å². The minimum Gasteiger partial charge on any atom is -0.340 e. The minimum atomic E-state index is -0.407. The van der Waals surface area contributed by atoms with E-state index in [1.807, 2.05) is 18.7 Å². The Morgan fingerprint density at radius 3 is 2.05 bits per heavy atom. The van der Waals surface area contributed by atoms with Gasteiger partial charge in [0.15, 0.2) is 0 Å². The molecule has 6 heteroatoms. The molecule has 2 N–H and O–H groups in total. The number of rotatable bonds is 3. The van der Waals surface area contributed by atoms with Gasteiger partial charge >= 0.3 is 0 Å². The number of hydrogen-bond acceptors (Lipinski definition) is 3. The summed E-state index contributed by atoms with van der Waals surface area (Å²) in [5.41, 5.74) is 5.28. The molecule has 2 aliphatic rings. The van der Waals surface area contributed by atoms with Gasteiger partial charge in [-0.3, -0.25) is 9.69 Å². The second-order valence-electron chi connectivity index (χ2n) is 6.35. The van der Waals surface area contributed by atoms with Crippen LogP contribution in [0.25, 0.3) is 0 Å². The molecule has 20 heavy (non-hydrogen) atoms. The standard InChI is InChI=1S/C14H27N3O.2ClH/c1-14(2,11-15)13(18)17-9-7-16(8-10-17)12-5-3-4-6-12;;/h12H,3-11,15H2,1-2H3;2*1H. The van der Waals surface area contributed by atoms with Gasteiger partial charge in [0.2, 0.25) is 5.91 Å². The lowest BCUT2D eigenvalue weighted by molar-refractivity contribution is -0.142. The van der Waals surface area contributed by atoms with E-state index in [2.05, 4.69) is 4.90 Å². The molecule has 0 atom stereocenters. The van der Waals surface area contributed by atoms with Gasteiger partial charge in [-0.1, -0.05) is 12.8 Å². The van der Waals surface area contributed by atoms with E-state index in [0.717, 1.165) is 32.2 Å². The molecule has 1 saturated heterocycles. The van der Waals surface area contributed by atoms with E-state index in [1.165, 1.54) is 25.7 Å². The van der Waals surface area contributed by atoms with Crippen LogP contribution in [-0.2, 0) is 4.79 Å². The van der Waals surface area contributed by atoms with Gasteiger partial charge in [-0.15, -0.1) is 24.8 Å². The highest BCUT2D eigenvalue weighted by atomic mass is 35.5. The van der Waals surface area contributed by atoms with Crippen LogP contribution in [0, 0.1) is 5.41 Å². The summed E-state index contributed by atoms with van der Waals surface area (Å²) in [6, 6.07) is 0.782. The Bertz CT molecular complexity index is 299. The summed E-state index contributed by atoms with van der Waals surface area (Å²) in [4.78, 5) is 16.9.